The second-order valence-corrected chi connectivity index (χ2v) is 10.3. The van der Waals surface area contributed by atoms with Gasteiger partial charge in [0.15, 0.2) is 0 Å². The minimum atomic E-state index is -0.515. The van der Waals surface area contributed by atoms with Crippen molar-refractivity contribution in [3.05, 3.63) is 77.0 Å². The SMILES string of the molecule is CC(C)(C)CCN(CCc1c[nH]c2ccccc12)C1CCc2cc(C=CC(=O)NO)ccc21. The van der Waals surface area contributed by atoms with Gasteiger partial charge in [-0.1, -0.05) is 57.2 Å². The summed E-state index contributed by atoms with van der Waals surface area (Å²) in [6.45, 7) is 9.05. The third-order valence-electron chi connectivity index (χ3n) is 6.68. The van der Waals surface area contributed by atoms with Crippen molar-refractivity contribution in [1.29, 1.82) is 0 Å². The van der Waals surface area contributed by atoms with Crippen LogP contribution in [-0.4, -0.2) is 34.1 Å². The number of hydrogen-bond acceptors (Lipinski definition) is 3. The fraction of sp³-hybridized carbons (Fsp3) is 0.393. The van der Waals surface area contributed by atoms with Crippen molar-refractivity contribution in [3.63, 3.8) is 0 Å². The minimum absolute atomic E-state index is 0.294. The highest BCUT2D eigenvalue weighted by atomic mass is 16.5. The Hall–Kier alpha value is -2.89. The topological polar surface area (TPSA) is 68.4 Å². The van der Waals surface area contributed by atoms with Crippen LogP contribution in [-0.2, 0) is 17.6 Å². The van der Waals surface area contributed by atoms with E-state index in [-0.39, 0.29) is 0 Å². The Kier molecular flexibility index (Phi) is 7.01. The molecule has 1 amide bonds. The van der Waals surface area contributed by atoms with Gasteiger partial charge in [0.25, 0.3) is 5.91 Å². The summed E-state index contributed by atoms with van der Waals surface area (Å²) in [6.07, 6.45) is 9.61. The van der Waals surface area contributed by atoms with Gasteiger partial charge in [0.1, 0.15) is 0 Å². The van der Waals surface area contributed by atoms with Crippen LogP contribution in [0.1, 0.15) is 61.9 Å². The molecule has 0 spiro atoms. The van der Waals surface area contributed by atoms with Crippen LogP contribution >= 0.6 is 0 Å². The Bertz CT molecular complexity index is 1140. The van der Waals surface area contributed by atoms with Crippen molar-refractivity contribution in [3.8, 4) is 0 Å². The van der Waals surface area contributed by atoms with Crippen molar-refractivity contribution < 1.29 is 10.0 Å². The molecule has 5 nitrogen and oxygen atoms in total. The van der Waals surface area contributed by atoms with Crippen LogP contribution in [0.3, 0.4) is 0 Å². The van der Waals surface area contributed by atoms with Crippen molar-refractivity contribution in [2.75, 3.05) is 13.1 Å². The summed E-state index contributed by atoms with van der Waals surface area (Å²) >= 11 is 0. The monoisotopic (exact) mass is 445 g/mol. The molecule has 1 aliphatic rings. The Labute approximate surface area is 196 Å². The maximum Gasteiger partial charge on any atom is 0.267 e. The number of H-pyrrole nitrogens is 1. The molecule has 3 aromatic rings. The zero-order chi connectivity index (χ0) is 23.4. The third kappa shape index (κ3) is 5.73. The lowest BCUT2D eigenvalue weighted by molar-refractivity contribution is -0.124. The molecule has 1 unspecified atom stereocenters. The predicted molar refractivity (Wildman–Crippen MR) is 134 cm³/mol. The van der Waals surface area contributed by atoms with Crippen molar-refractivity contribution in [2.24, 2.45) is 5.41 Å². The minimum Gasteiger partial charge on any atom is -0.361 e. The lowest BCUT2D eigenvalue weighted by Gasteiger charge is -2.32. The number of nitrogens with zero attached hydrogens (tertiary/aromatic N) is 1. The number of carbonyl (C=O) groups is 1. The smallest absolute Gasteiger partial charge is 0.267 e. The van der Waals surface area contributed by atoms with Gasteiger partial charge in [-0.3, -0.25) is 14.9 Å². The van der Waals surface area contributed by atoms with Gasteiger partial charge >= 0.3 is 0 Å². The van der Waals surface area contributed by atoms with E-state index in [2.05, 4.69) is 79.3 Å². The van der Waals surface area contributed by atoms with E-state index in [9.17, 15) is 4.79 Å². The highest BCUT2D eigenvalue weighted by Gasteiger charge is 2.28. The van der Waals surface area contributed by atoms with E-state index in [0.29, 0.717) is 11.5 Å². The predicted octanol–water partition coefficient (Wildman–Crippen LogP) is 5.65. The zero-order valence-corrected chi connectivity index (χ0v) is 19.9. The molecule has 5 heteroatoms. The number of carbonyl (C=O) groups excluding carboxylic acids is 1. The Morgan fingerprint density at radius 2 is 2.03 bits per heavy atom. The summed E-state index contributed by atoms with van der Waals surface area (Å²) in [6, 6.07) is 15.4. The van der Waals surface area contributed by atoms with Crippen molar-refractivity contribution in [2.45, 2.75) is 52.5 Å². The fourth-order valence-corrected chi connectivity index (χ4v) is 4.81. The zero-order valence-electron chi connectivity index (χ0n) is 19.9. The van der Waals surface area contributed by atoms with Crippen LogP contribution in [0.5, 0.6) is 0 Å². The number of fused-ring (bicyclic) bond motifs is 2. The first-order valence-corrected chi connectivity index (χ1v) is 11.9. The number of nitrogens with one attached hydrogen (secondary N) is 2. The number of amides is 1. The summed E-state index contributed by atoms with van der Waals surface area (Å²) in [4.78, 5) is 17.4. The molecule has 174 valence electrons. The number of benzene rings is 2. The molecule has 0 fully saturated rings. The molecule has 0 bridgehead atoms. The highest BCUT2D eigenvalue weighted by Crippen LogP contribution is 2.37. The molecule has 1 aliphatic carbocycles. The van der Waals surface area contributed by atoms with E-state index in [1.807, 2.05) is 0 Å². The quantitative estimate of drug-likeness (QED) is 0.238. The summed E-state index contributed by atoms with van der Waals surface area (Å²) in [5.41, 5.74) is 8.27. The van der Waals surface area contributed by atoms with Crippen molar-refractivity contribution >= 4 is 22.9 Å². The molecule has 2 aromatic carbocycles. The summed E-state index contributed by atoms with van der Waals surface area (Å²) in [5.74, 6) is -0.515. The highest BCUT2D eigenvalue weighted by molar-refractivity contribution is 5.90. The van der Waals surface area contributed by atoms with Gasteiger partial charge in [-0.2, -0.15) is 0 Å². The number of aromatic amines is 1. The van der Waals surface area contributed by atoms with Crippen LogP contribution in [0.15, 0.2) is 54.7 Å². The van der Waals surface area contributed by atoms with Crippen molar-refractivity contribution in [1.82, 2.24) is 15.4 Å². The molecule has 1 heterocycles. The number of hydroxylamine groups is 1. The van der Waals surface area contributed by atoms with Gasteiger partial charge in [-0.15, -0.1) is 0 Å². The van der Waals surface area contributed by atoms with Crippen LogP contribution in [0, 0.1) is 5.41 Å². The standard InChI is InChI=1S/C28H35N3O2/c1-28(2,3)15-17-31(16-14-22-19-29-25-7-5-4-6-23(22)25)26-12-10-21-18-20(8-11-24(21)26)9-13-27(32)30-33/h4-9,11,13,18-19,26,29,33H,10,12,14-17H2,1-3H3,(H,30,32). The normalized spacial score (nSPS) is 16.1. The first-order chi connectivity index (χ1) is 15.8. The van der Waals surface area contributed by atoms with Gasteiger partial charge in [-0.05, 0) is 72.0 Å². The van der Waals surface area contributed by atoms with E-state index >= 15 is 0 Å². The summed E-state index contributed by atoms with van der Waals surface area (Å²) in [7, 11) is 0. The molecule has 4 rings (SSSR count). The van der Waals surface area contributed by atoms with Gasteiger partial charge in [0.2, 0.25) is 0 Å². The molecule has 0 radical (unpaired) electrons. The van der Waals surface area contributed by atoms with Gasteiger partial charge < -0.3 is 4.98 Å². The van der Waals surface area contributed by atoms with Crippen LogP contribution in [0.25, 0.3) is 17.0 Å². The van der Waals surface area contributed by atoms with Gasteiger partial charge in [0, 0.05) is 35.8 Å². The van der Waals surface area contributed by atoms with Crippen LogP contribution in [0.4, 0.5) is 0 Å². The number of hydrogen-bond donors (Lipinski definition) is 3. The molecule has 3 N–H and O–H groups in total. The number of para-hydroxylation sites is 1. The second kappa shape index (κ2) is 9.94. The third-order valence-corrected chi connectivity index (χ3v) is 6.68. The number of aromatic nitrogens is 1. The lowest BCUT2D eigenvalue weighted by Crippen LogP contribution is -2.32. The fourth-order valence-electron chi connectivity index (χ4n) is 4.81. The van der Waals surface area contributed by atoms with E-state index in [4.69, 9.17) is 5.21 Å². The molecular weight excluding hydrogens is 410 g/mol. The largest absolute Gasteiger partial charge is 0.361 e. The molecule has 0 saturated carbocycles. The molecule has 1 aromatic heterocycles. The Morgan fingerprint density at radius 1 is 1.21 bits per heavy atom. The maximum absolute atomic E-state index is 11.3. The van der Waals surface area contributed by atoms with Crippen LogP contribution in [0.2, 0.25) is 0 Å². The van der Waals surface area contributed by atoms with Crippen LogP contribution < -0.4 is 5.48 Å². The average Bonchev–Trinajstić information content (AvgIpc) is 3.41. The first-order valence-electron chi connectivity index (χ1n) is 11.9. The maximum atomic E-state index is 11.3. The molecule has 33 heavy (non-hydrogen) atoms. The lowest BCUT2D eigenvalue weighted by atomic mass is 9.91. The Balaban J connectivity index is 1.53. The molecule has 0 saturated heterocycles. The van der Waals surface area contributed by atoms with Gasteiger partial charge in [-0.25, -0.2) is 5.48 Å². The number of rotatable bonds is 8. The van der Waals surface area contributed by atoms with E-state index in [1.165, 1.54) is 33.7 Å². The average molecular weight is 446 g/mol. The summed E-state index contributed by atoms with van der Waals surface area (Å²) < 4.78 is 0. The Morgan fingerprint density at radius 3 is 2.82 bits per heavy atom. The van der Waals surface area contributed by atoms with E-state index in [1.54, 1.807) is 11.6 Å². The summed E-state index contributed by atoms with van der Waals surface area (Å²) in [5, 5.41) is 10.0. The molecular formula is C28H35N3O2. The molecule has 1 atom stereocenters. The first kappa shape index (κ1) is 23.3. The van der Waals surface area contributed by atoms with Gasteiger partial charge in [0.05, 0.1) is 0 Å². The second-order valence-electron chi connectivity index (χ2n) is 10.3. The van der Waals surface area contributed by atoms with E-state index in [0.717, 1.165) is 44.3 Å². The molecule has 0 aliphatic heterocycles. The number of aryl methyl sites for hydroxylation is 1. The van der Waals surface area contributed by atoms with E-state index < -0.39 is 5.91 Å².